The minimum absolute atomic E-state index is 0.234. The van der Waals surface area contributed by atoms with Gasteiger partial charge in [-0.05, 0) is 37.3 Å². The molecule has 0 radical (unpaired) electrons. The molecule has 9 heteroatoms. The van der Waals surface area contributed by atoms with E-state index in [1.807, 2.05) is 18.2 Å². The van der Waals surface area contributed by atoms with E-state index in [1.54, 1.807) is 41.9 Å². The van der Waals surface area contributed by atoms with Crippen LogP contribution in [-0.4, -0.2) is 33.1 Å². The van der Waals surface area contributed by atoms with Crippen LogP contribution < -0.4 is 5.32 Å². The number of carbonyl (C=O) groups excluding carboxylic acids is 2. The number of ether oxygens (including phenoxy) is 1. The van der Waals surface area contributed by atoms with E-state index >= 15 is 0 Å². The molecule has 0 bridgehead atoms. The molecule has 0 aliphatic heterocycles. The van der Waals surface area contributed by atoms with Crippen molar-refractivity contribution in [1.29, 1.82) is 0 Å². The van der Waals surface area contributed by atoms with Crippen LogP contribution in [0.15, 0.2) is 54.9 Å². The number of rotatable bonds is 5. The van der Waals surface area contributed by atoms with E-state index in [-0.39, 0.29) is 12.5 Å². The van der Waals surface area contributed by atoms with E-state index in [0.29, 0.717) is 26.1 Å². The number of benzene rings is 1. The van der Waals surface area contributed by atoms with Crippen LogP contribution in [0.2, 0.25) is 4.34 Å². The minimum atomic E-state index is -0.470. The van der Waals surface area contributed by atoms with Crippen LogP contribution in [0.5, 0.6) is 0 Å². The smallest absolute Gasteiger partial charge is 0.343 e. The van der Waals surface area contributed by atoms with Gasteiger partial charge in [-0.15, -0.1) is 11.3 Å². The summed E-state index contributed by atoms with van der Waals surface area (Å²) in [5.41, 5.74) is 2.86. The maximum absolute atomic E-state index is 12.4. The third-order valence-electron chi connectivity index (χ3n) is 4.11. The van der Waals surface area contributed by atoms with Crippen LogP contribution in [0.3, 0.4) is 0 Å². The van der Waals surface area contributed by atoms with Gasteiger partial charge in [0.25, 0.3) is 5.91 Å². The Morgan fingerprint density at radius 1 is 1.24 bits per heavy atom. The molecule has 0 fully saturated rings. The summed E-state index contributed by atoms with van der Waals surface area (Å²) >= 11 is 7.12. The number of thiophene rings is 1. The van der Waals surface area contributed by atoms with Crippen LogP contribution in [-0.2, 0) is 4.74 Å². The van der Waals surface area contributed by atoms with Crippen LogP contribution >= 0.6 is 22.9 Å². The van der Waals surface area contributed by atoms with E-state index in [0.717, 1.165) is 11.3 Å². The molecule has 4 aromatic rings. The molecule has 1 amide bonds. The van der Waals surface area contributed by atoms with Gasteiger partial charge in [-0.1, -0.05) is 23.7 Å². The maximum atomic E-state index is 12.4. The molecule has 0 aliphatic carbocycles. The SMILES string of the molecule is CCOC(=O)c1cnn2c(-c3cccc(NC(=O)c4ccc(Cl)s4)c3)ccnc12. The molecule has 1 N–H and O–H groups in total. The van der Waals surface area contributed by atoms with Crippen molar-refractivity contribution >= 4 is 46.1 Å². The number of hydrogen-bond acceptors (Lipinski definition) is 6. The number of nitrogens with one attached hydrogen (secondary N) is 1. The van der Waals surface area contributed by atoms with Gasteiger partial charge in [-0.25, -0.2) is 14.3 Å². The Labute approximate surface area is 174 Å². The van der Waals surface area contributed by atoms with Crippen LogP contribution in [0, 0.1) is 0 Å². The molecule has 3 aromatic heterocycles. The van der Waals surface area contributed by atoms with Gasteiger partial charge in [-0.2, -0.15) is 5.10 Å². The van der Waals surface area contributed by atoms with Gasteiger partial charge in [-0.3, -0.25) is 4.79 Å². The molecule has 146 valence electrons. The molecule has 7 nitrogen and oxygen atoms in total. The summed E-state index contributed by atoms with van der Waals surface area (Å²) in [5.74, 6) is -0.703. The van der Waals surface area contributed by atoms with Gasteiger partial charge in [0, 0.05) is 17.4 Å². The second-order valence-electron chi connectivity index (χ2n) is 5.98. The summed E-state index contributed by atoms with van der Waals surface area (Å²) in [6.07, 6.45) is 3.05. The summed E-state index contributed by atoms with van der Waals surface area (Å²) in [6.45, 7) is 2.01. The number of fused-ring (bicyclic) bond motifs is 1. The van der Waals surface area contributed by atoms with Gasteiger partial charge in [0.1, 0.15) is 5.56 Å². The van der Waals surface area contributed by atoms with Crippen molar-refractivity contribution in [3.8, 4) is 11.3 Å². The van der Waals surface area contributed by atoms with E-state index in [4.69, 9.17) is 16.3 Å². The van der Waals surface area contributed by atoms with Crippen molar-refractivity contribution < 1.29 is 14.3 Å². The zero-order valence-corrected chi connectivity index (χ0v) is 16.8. The first-order valence-electron chi connectivity index (χ1n) is 8.74. The summed E-state index contributed by atoms with van der Waals surface area (Å²) in [5, 5.41) is 7.16. The first-order valence-corrected chi connectivity index (χ1v) is 9.93. The summed E-state index contributed by atoms with van der Waals surface area (Å²) in [4.78, 5) is 29.3. The Morgan fingerprint density at radius 3 is 2.86 bits per heavy atom. The largest absolute Gasteiger partial charge is 0.462 e. The lowest BCUT2D eigenvalue weighted by Crippen LogP contribution is -2.10. The van der Waals surface area contributed by atoms with E-state index in [2.05, 4.69) is 15.4 Å². The van der Waals surface area contributed by atoms with Crippen LogP contribution in [0.1, 0.15) is 27.0 Å². The highest BCUT2D eigenvalue weighted by molar-refractivity contribution is 7.18. The van der Waals surface area contributed by atoms with Crippen molar-refractivity contribution in [1.82, 2.24) is 14.6 Å². The standard InChI is InChI=1S/C20H15ClN4O3S/c1-2-28-20(27)14-11-23-25-15(8-9-22-18(14)25)12-4-3-5-13(10-12)24-19(26)16-6-7-17(21)29-16/h3-11H,2H2,1H3,(H,24,26). The molecule has 0 saturated carbocycles. The average molecular weight is 427 g/mol. The fourth-order valence-electron chi connectivity index (χ4n) is 2.85. The summed E-state index contributed by atoms with van der Waals surface area (Å²) in [7, 11) is 0. The first-order chi connectivity index (χ1) is 14.1. The molecule has 29 heavy (non-hydrogen) atoms. The zero-order valence-electron chi connectivity index (χ0n) is 15.3. The topological polar surface area (TPSA) is 85.6 Å². The molecular weight excluding hydrogens is 412 g/mol. The number of esters is 1. The number of amides is 1. The van der Waals surface area contributed by atoms with E-state index in [9.17, 15) is 9.59 Å². The summed E-state index contributed by atoms with van der Waals surface area (Å²) < 4.78 is 7.19. The van der Waals surface area contributed by atoms with Crippen molar-refractivity contribution in [3.05, 3.63) is 69.6 Å². The van der Waals surface area contributed by atoms with Gasteiger partial charge in [0.2, 0.25) is 0 Å². The molecule has 4 rings (SSSR count). The zero-order chi connectivity index (χ0) is 20.4. The average Bonchev–Trinajstić information content (AvgIpc) is 3.34. The lowest BCUT2D eigenvalue weighted by atomic mass is 10.1. The molecule has 0 unspecified atom stereocenters. The van der Waals surface area contributed by atoms with Gasteiger partial charge >= 0.3 is 5.97 Å². The summed E-state index contributed by atoms with van der Waals surface area (Å²) in [6, 6.07) is 12.5. The fourth-order valence-corrected chi connectivity index (χ4v) is 3.79. The quantitative estimate of drug-likeness (QED) is 0.473. The number of anilines is 1. The van der Waals surface area contributed by atoms with E-state index in [1.165, 1.54) is 17.5 Å². The number of aromatic nitrogens is 3. The number of nitrogens with zero attached hydrogens (tertiary/aromatic N) is 3. The predicted octanol–water partition coefficient (Wildman–Crippen LogP) is 4.54. The third kappa shape index (κ3) is 3.85. The molecular formula is C20H15ClN4O3S. The molecule has 0 atom stereocenters. The van der Waals surface area contributed by atoms with Crippen LogP contribution in [0.4, 0.5) is 5.69 Å². The lowest BCUT2D eigenvalue weighted by Gasteiger charge is -2.08. The molecule has 1 aromatic carbocycles. The monoisotopic (exact) mass is 426 g/mol. The highest BCUT2D eigenvalue weighted by Gasteiger charge is 2.17. The maximum Gasteiger partial charge on any atom is 0.343 e. The van der Waals surface area contributed by atoms with Gasteiger partial charge in [0.05, 0.1) is 27.7 Å². The highest BCUT2D eigenvalue weighted by atomic mass is 35.5. The molecule has 0 spiro atoms. The number of halogens is 1. The van der Waals surface area contributed by atoms with Crippen molar-refractivity contribution in [3.63, 3.8) is 0 Å². The highest BCUT2D eigenvalue weighted by Crippen LogP contribution is 2.26. The predicted molar refractivity (Wildman–Crippen MR) is 112 cm³/mol. The molecule has 3 heterocycles. The minimum Gasteiger partial charge on any atom is -0.462 e. The Balaban J connectivity index is 1.67. The Bertz CT molecular complexity index is 1220. The first kappa shape index (κ1) is 19.1. The Hall–Kier alpha value is -3.23. The second-order valence-corrected chi connectivity index (χ2v) is 7.70. The fraction of sp³-hybridized carbons (Fsp3) is 0.100. The van der Waals surface area contributed by atoms with Crippen LogP contribution in [0.25, 0.3) is 16.9 Å². The van der Waals surface area contributed by atoms with Gasteiger partial charge in [0.15, 0.2) is 5.65 Å². The third-order valence-corrected chi connectivity index (χ3v) is 5.34. The second kappa shape index (κ2) is 8.02. The van der Waals surface area contributed by atoms with E-state index < -0.39 is 5.97 Å². The Morgan fingerprint density at radius 2 is 2.10 bits per heavy atom. The Kier molecular flexibility index (Phi) is 5.28. The normalized spacial score (nSPS) is 10.8. The number of carbonyl (C=O) groups is 2. The van der Waals surface area contributed by atoms with Crippen molar-refractivity contribution in [2.75, 3.05) is 11.9 Å². The lowest BCUT2D eigenvalue weighted by molar-refractivity contribution is 0.0528. The van der Waals surface area contributed by atoms with Crippen molar-refractivity contribution in [2.45, 2.75) is 6.92 Å². The molecule has 0 aliphatic rings. The van der Waals surface area contributed by atoms with Gasteiger partial charge < -0.3 is 10.1 Å². The number of hydrogen-bond donors (Lipinski definition) is 1. The van der Waals surface area contributed by atoms with Crippen molar-refractivity contribution in [2.24, 2.45) is 0 Å². The molecule has 0 saturated heterocycles.